The molecular formula is C11H18N4O4. The van der Waals surface area contributed by atoms with Crippen LogP contribution in [0.3, 0.4) is 0 Å². The Morgan fingerprint density at radius 3 is 2.68 bits per heavy atom. The molecule has 0 spiro atoms. The Morgan fingerprint density at radius 1 is 1.42 bits per heavy atom. The minimum Gasteiger partial charge on any atom is -0.466 e. The average Bonchev–Trinajstić information content (AvgIpc) is 2.34. The van der Waals surface area contributed by atoms with Gasteiger partial charge >= 0.3 is 11.7 Å². The lowest BCUT2D eigenvalue weighted by atomic mass is 10.4. The molecule has 19 heavy (non-hydrogen) atoms. The molecule has 0 amide bonds. The highest BCUT2D eigenvalue weighted by atomic mass is 16.5. The summed E-state index contributed by atoms with van der Waals surface area (Å²) < 4.78 is 5.98. The van der Waals surface area contributed by atoms with E-state index in [2.05, 4.69) is 10.3 Å². The van der Waals surface area contributed by atoms with E-state index >= 15 is 0 Å². The molecule has 1 aromatic heterocycles. The summed E-state index contributed by atoms with van der Waals surface area (Å²) in [6.45, 7) is 4.30. The number of anilines is 2. The van der Waals surface area contributed by atoms with Gasteiger partial charge in [0.05, 0.1) is 13.0 Å². The first kappa shape index (κ1) is 14.8. The van der Waals surface area contributed by atoms with E-state index < -0.39 is 11.2 Å². The molecule has 4 N–H and O–H groups in total. The molecule has 0 radical (unpaired) electrons. The van der Waals surface area contributed by atoms with E-state index in [1.807, 2.05) is 0 Å². The third kappa shape index (κ3) is 3.60. The number of aromatic nitrogens is 2. The topological polar surface area (TPSA) is 119 Å². The van der Waals surface area contributed by atoms with Crippen LogP contribution in [-0.2, 0) is 16.1 Å². The van der Waals surface area contributed by atoms with Gasteiger partial charge in [0, 0.05) is 13.1 Å². The Morgan fingerprint density at radius 2 is 2.11 bits per heavy atom. The van der Waals surface area contributed by atoms with Crippen LogP contribution in [0, 0.1) is 0 Å². The quantitative estimate of drug-likeness (QED) is 0.600. The largest absolute Gasteiger partial charge is 0.466 e. The van der Waals surface area contributed by atoms with Crippen molar-refractivity contribution in [3.8, 4) is 0 Å². The van der Waals surface area contributed by atoms with Crippen molar-refractivity contribution >= 4 is 17.5 Å². The summed E-state index contributed by atoms with van der Waals surface area (Å²) in [5.41, 5.74) is 4.67. The van der Waals surface area contributed by atoms with Crippen LogP contribution in [0.2, 0.25) is 0 Å². The second-order valence-corrected chi connectivity index (χ2v) is 3.75. The lowest BCUT2D eigenvalue weighted by molar-refractivity contribution is -0.142. The number of esters is 1. The third-order valence-corrected chi connectivity index (χ3v) is 2.49. The Labute approximate surface area is 109 Å². The summed E-state index contributed by atoms with van der Waals surface area (Å²) in [6.07, 6.45) is 0.109. The number of nitrogen functional groups attached to an aromatic ring is 1. The van der Waals surface area contributed by atoms with Crippen LogP contribution in [0.15, 0.2) is 9.59 Å². The fourth-order valence-corrected chi connectivity index (χ4v) is 1.60. The Bertz CT molecular complexity index is 561. The molecule has 1 heterocycles. The van der Waals surface area contributed by atoms with Gasteiger partial charge in [0.15, 0.2) is 0 Å². The van der Waals surface area contributed by atoms with Gasteiger partial charge in [-0.05, 0) is 13.8 Å². The SMILES string of the molecule is CCOC(=O)CCNc1c(N)n(CC)c(=O)[nH]c1=O. The maximum Gasteiger partial charge on any atom is 0.330 e. The van der Waals surface area contributed by atoms with Crippen molar-refractivity contribution < 1.29 is 9.53 Å². The van der Waals surface area contributed by atoms with E-state index in [0.717, 1.165) is 0 Å². The van der Waals surface area contributed by atoms with Gasteiger partial charge < -0.3 is 15.8 Å². The number of nitrogens with one attached hydrogen (secondary N) is 2. The minimum absolute atomic E-state index is 0.0557. The van der Waals surface area contributed by atoms with Crippen molar-refractivity contribution in [2.24, 2.45) is 0 Å². The number of H-pyrrole nitrogens is 1. The number of aromatic amines is 1. The molecule has 106 valence electrons. The van der Waals surface area contributed by atoms with Gasteiger partial charge in [-0.15, -0.1) is 0 Å². The smallest absolute Gasteiger partial charge is 0.330 e. The van der Waals surface area contributed by atoms with E-state index in [0.29, 0.717) is 13.2 Å². The molecule has 0 fully saturated rings. The second-order valence-electron chi connectivity index (χ2n) is 3.75. The van der Waals surface area contributed by atoms with Gasteiger partial charge in [0.25, 0.3) is 5.56 Å². The molecule has 8 heteroatoms. The molecular weight excluding hydrogens is 252 g/mol. The molecule has 0 aliphatic heterocycles. The molecule has 1 aromatic rings. The van der Waals surface area contributed by atoms with Gasteiger partial charge in [0.2, 0.25) is 0 Å². The number of nitrogens with two attached hydrogens (primary N) is 1. The summed E-state index contributed by atoms with van der Waals surface area (Å²) in [6, 6.07) is 0. The summed E-state index contributed by atoms with van der Waals surface area (Å²) >= 11 is 0. The van der Waals surface area contributed by atoms with Crippen molar-refractivity contribution in [2.45, 2.75) is 26.8 Å². The fourth-order valence-electron chi connectivity index (χ4n) is 1.60. The summed E-state index contributed by atoms with van der Waals surface area (Å²) in [4.78, 5) is 36.3. The molecule has 8 nitrogen and oxygen atoms in total. The normalized spacial score (nSPS) is 10.2. The second kappa shape index (κ2) is 6.62. The number of carbonyl (C=O) groups is 1. The van der Waals surface area contributed by atoms with Gasteiger partial charge in [-0.3, -0.25) is 19.1 Å². The van der Waals surface area contributed by atoms with E-state index in [4.69, 9.17) is 10.5 Å². The average molecular weight is 270 g/mol. The number of hydrogen-bond donors (Lipinski definition) is 3. The molecule has 0 unspecified atom stereocenters. The summed E-state index contributed by atoms with van der Waals surface area (Å²) in [7, 11) is 0. The van der Waals surface area contributed by atoms with Crippen molar-refractivity contribution in [3.63, 3.8) is 0 Å². The van der Waals surface area contributed by atoms with Crippen LogP contribution in [0.5, 0.6) is 0 Å². The monoisotopic (exact) mass is 270 g/mol. The van der Waals surface area contributed by atoms with Gasteiger partial charge in [-0.25, -0.2) is 4.79 Å². The number of ether oxygens (including phenoxy) is 1. The zero-order chi connectivity index (χ0) is 14.4. The molecule has 0 saturated heterocycles. The molecule has 0 atom stereocenters. The van der Waals surface area contributed by atoms with Crippen molar-refractivity contribution in [1.82, 2.24) is 9.55 Å². The molecule has 0 bridgehead atoms. The number of rotatable bonds is 6. The van der Waals surface area contributed by atoms with E-state index in [9.17, 15) is 14.4 Å². The van der Waals surface area contributed by atoms with Gasteiger partial charge in [-0.1, -0.05) is 0 Å². The van der Waals surface area contributed by atoms with E-state index in [-0.39, 0.29) is 30.4 Å². The van der Waals surface area contributed by atoms with Gasteiger partial charge in [0.1, 0.15) is 11.5 Å². The predicted molar refractivity (Wildman–Crippen MR) is 71.1 cm³/mol. The van der Waals surface area contributed by atoms with E-state index in [1.165, 1.54) is 4.57 Å². The molecule has 0 aliphatic carbocycles. The third-order valence-electron chi connectivity index (χ3n) is 2.49. The maximum atomic E-state index is 11.6. The predicted octanol–water partition coefficient (Wildman–Crippen LogP) is -0.496. The fraction of sp³-hybridized carbons (Fsp3) is 0.545. The Kier molecular flexibility index (Phi) is 5.16. The summed E-state index contributed by atoms with van der Waals surface area (Å²) in [5.74, 6) is -0.311. The first-order valence-electron chi connectivity index (χ1n) is 6.03. The zero-order valence-corrected chi connectivity index (χ0v) is 11.0. The first-order chi connectivity index (χ1) is 9.01. The summed E-state index contributed by atoms with van der Waals surface area (Å²) in [5, 5.41) is 2.74. The molecule has 1 rings (SSSR count). The van der Waals surface area contributed by atoms with E-state index in [1.54, 1.807) is 13.8 Å². The van der Waals surface area contributed by atoms with Crippen LogP contribution in [0.4, 0.5) is 11.5 Å². The number of hydrogen-bond acceptors (Lipinski definition) is 6. The van der Waals surface area contributed by atoms with Crippen LogP contribution in [0.25, 0.3) is 0 Å². The molecule has 0 aliphatic rings. The highest BCUT2D eigenvalue weighted by Crippen LogP contribution is 2.09. The molecule has 0 aromatic carbocycles. The van der Waals surface area contributed by atoms with Crippen molar-refractivity contribution in [1.29, 1.82) is 0 Å². The Balaban J connectivity index is 2.82. The number of nitrogens with zero attached hydrogens (tertiary/aromatic N) is 1. The van der Waals surface area contributed by atoms with Crippen LogP contribution in [0.1, 0.15) is 20.3 Å². The van der Waals surface area contributed by atoms with Crippen LogP contribution >= 0.6 is 0 Å². The zero-order valence-electron chi connectivity index (χ0n) is 11.0. The highest BCUT2D eigenvalue weighted by molar-refractivity contribution is 5.70. The molecule has 0 saturated carbocycles. The first-order valence-corrected chi connectivity index (χ1v) is 6.03. The minimum atomic E-state index is -0.601. The Hall–Kier alpha value is -2.25. The van der Waals surface area contributed by atoms with Crippen LogP contribution < -0.4 is 22.3 Å². The van der Waals surface area contributed by atoms with Crippen molar-refractivity contribution in [2.75, 3.05) is 24.2 Å². The highest BCUT2D eigenvalue weighted by Gasteiger charge is 2.11. The standard InChI is InChI=1S/C11H18N4O4/c1-3-15-9(12)8(10(17)14-11(15)18)13-6-5-7(16)19-4-2/h13H,3-6,12H2,1-2H3,(H,14,17,18). The number of carbonyl (C=O) groups excluding carboxylic acids is 1. The van der Waals surface area contributed by atoms with Crippen LogP contribution in [-0.4, -0.2) is 28.7 Å². The maximum absolute atomic E-state index is 11.6. The van der Waals surface area contributed by atoms with Gasteiger partial charge in [-0.2, -0.15) is 0 Å². The van der Waals surface area contributed by atoms with Crippen molar-refractivity contribution in [3.05, 3.63) is 20.8 Å². The lowest BCUT2D eigenvalue weighted by Gasteiger charge is -2.12. The lowest BCUT2D eigenvalue weighted by Crippen LogP contribution is -2.34.